The summed E-state index contributed by atoms with van der Waals surface area (Å²) in [7, 11) is 0. The summed E-state index contributed by atoms with van der Waals surface area (Å²) >= 11 is 11.7. The number of β-amino-alcohol motifs (C(OH)–C–C–N with tert-alkyl or cyclic N) is 1. The van der Waals surface area contributed by atoms with Gasteiger partial charge in [0.25, 0.3) is 0 Å². The van der Waals surface area contributed by atoms with Crippen molar-refractivity contribution in [2.45, 2.75) is 25.1 Å². The summed E-state index contributed by atoms with van der Waals surface area (Å²) in [5.74, 6) is -0.105. The molecule has 0 radical (unpaired) electrons. The van der Waals surface area contributed by atoms with Gasteiger partial charge in [-0.25, -0.2) is 9.18 Å². The molecular weight excluding hydrogens is 432 g/mol. The van der Waals surface area contributed by atoms with Gasteiger partial charge in [0.2, 0.25) is 0 Å². The van der Waals surface area contributed by atoms with Gasteiger partial charge in [-0.3, -0.25) is 0 Å². The van der Waals surface area contributed by atoms with Crippen molar-refractivity contribution in [3.63, 3.8) is 0 Å². The van der Waals surface area contributed by atoms with E-state index in [0.29, 0.717) is 23.8 Å². The maximum absolute atomic E-state index is 14.1. The first-order valence-electron chi connectivity index (χ1n) is 9.23. The van der Waals surface area contributed by atoms with Gasteiger partial charge in [0.05, 0.1) is 24.4 Å². The molecule has 2 N–H and O–H groups in total. The maximum atomic E-state index is 14.1. The molecular formula is C20H18Cl2FN5O2. The van der Waals surface area contributed by atoms with Crippen molar-refractivity contribution < 1.29 is 14.3 Å². The highest BCUT2D eigenvalue weighted by atomic mass is 35.5. The minimum absolute atomic E-state index is 0.00664. The van der Waals surface area contributed by atoms with E-state index in [1.807, 2.05) is 16.7 Å². The molecule has 7 nitrogen and oxygen atoms in total. The molecule has 2 atom stereocenters. The van der Waals surface area contributed by atoms with Gasteiger partial charge in [-0.15, -0.1) is 10.2 Å². The number of hydrogen-bond donors (Lipinski definition) is 2. The van der Waals surface area contributed by atoms with E-state index in [2.05, 4.69) is 15.5 Å². The van der Waals surface area contributed by atoms with E-state index in [0.717, 1.165) is 11.6 Å². The summed E-state index contributed by atoms with van der Waals surface area (Å²) in [6, 6.07) is 10.3. The number of aliphatic hydroxyl groups is 1. The van der Waals surface area contributed by atoms with Crippen LogP contribution in [0, 0.1) is 5.82 Å². The van der Waals surface area contributed by atoms with Crippen LogP contribution < -0.4 is 5.32 Å². The summed E-state index contributed by atoms with van der Waals surface area (Å²) < 4.78 is 15.9. The summed E-state index contributed by atoms with van der Waals surface area (Å²) in [6.45, 7) is 0.576. The summed E-state index contributed by atoms with van der Waals surface area (Å²) in [5, 5.41) is 21.8. The third-order valence-electron chi connectivity index (χ3n) is 4.92. The van der Waals surface area contributed by atoms with E-state index in [-0.39, 0.29) is 17.3 Å². The highest BCUT2D eigenvalue weighted by molar-refractivity contribution is 6.30. The first-order chi connectivity index (χ1) is 14.4. The van der Waals surface area contributed by atoms with Crippen molar-refractivity contribution in [1.29, 1.82) is 0 Å². The quantitative estimate of drug-likeness (QED) is 0.627. The molecule has 1 aliphatic rings. The molecule has 10 heteroatoms. The maximum Gasteiger partial charge on any atom is 0.322 e. The van der Waals surface area contributed by atoms with Crippen LogP contribution in [0.1, 0.15) is 23.9 Å². The number of aliphatic hydroxyl groups excluding tert-OH is 1. The fraction of sp³-hybridized carbons (Fsp3) is 0.250. The van der Waals surface area contributed by atoms with Gasteiger partial charge in [0.15, 0.2) is 5.82 Å². The summed E-state index contributed by atoms with van der Waals surface area (Å²) in [4.78, 5) is 14.3. The van der Waals surface area contributed by atoms with Crippen LogP contribution in [0.3, 0.4) is 0 Å². The molecule has 3 aromatic rings. The van der Waals surface area contributed by atoms with E-state index in [1.165, 1.54) is 17.0 Å². The number of hydrogen-bond acceptors (Lipinski definition) is 4. The molecule has 0 bridgehead atoms. The predicted octanol–water partition coefficient (Wildman–Crippen LogP) is 4.11. The van der Waals surface area contributed by atoms with E-state index in [4.69, 9.17) is 23.2 Å². The topological polar surface area (TPSA) is 83.3 Å². The lowest BCUT2D eigenvalue weighted by atomic mass is 10.1. The molecule has 2 heterocycles. The normalized spacial score (nSPS) is 18.6. The second kappa shape index (κ2) is 8.59. The van der Waals surface area contributed by atoms with Gasteiger partial charge < -0.3 is 19.9 Å². The average molecular weight is 450 g/mol. The zero-order chi connectivity index (χ0) is 21.3. The van der Waals surface area contributed by atoms with Crippen LogP contribution in [-0.2, 0) is 6.54 Å². The molecule has 0 saturated carbocycles. The number of aromatic nitrogens is 3. The van der Waals surface area contributed by atoms with E-state index in [9.17, 15) is 14.3 Å². The van der Waals surface area contributed by atoms with Gasteiger partial charge in [0, 0.05) is 23.0 Å². The number of anilines is 1. The van der Waals surface area contributed by atoms with Crippen LogP contribution in [-0.4, -0.2) is 43.5 Å². The second-order valence-electron chi connectivity index (χ2n) is 7.06. The molecule has 30 heavy (non-hydrogen) atoms. The Bertz CT molecular complexity index is 1060. The molecule has 0 aliphatic carbocycles. The number of nitrogens with zero attached hydrogens (tertiary/aromatic N) is 4. The van der Waals surface area contributed by atoms with Gasteiger partial charge >= 0.3 is 6.03 Å². The Morgan fingerprint density at radius 2 is 1.93 bits per heavy atom. The van der Waals surface area contributed by atoms with Crippen LogP contribution >= 0.6 is 23.2 Å². The van der Waals surface area contributed by atoms with Gasteiger partial charge in [0.1, 0.15) is 12.1 Å². The predicted molar refractivity (Wildman–Crippen MR) is 111 cm³/mol. The Morgan fingerprint density at radius 1 is 1.20 bits per heavy atom. The van der Waals surface area contributed by atoms with Crippen molar-refractivity contribution in [2.75, 3.05) is 11.9 Å². The Kier molecular flexibility index (Phi) is 5.90. The lowest BCUT2D eigenvalue weighted by Gasteiger charge is -2.24. The van der Waals surface area contributed by atoms with Gasteiger partial charge in [-0.2, -0.15) is 0 Å². The fourth-order valence-corrected chi connectivity index (χ4v) is 3.78. The minimum Gasteiger partial charge on any atom is -0.391 e. The molecule has 1 aliphatic heterocycles. The van der Waals surface area contributed by atoms with E-state index in [1.54, 1.807) is 18.5 Å². The number of benzene rings is 2. The number of urea groups is 1. The van der Waals surface area contributed by atoms with Crippen LogP contribution in [0.5, 0.6) is 0 Å². The van der Waals surface area contributed by atoms with Gasteiger partial charge in [-0.05, 0) is 35.9 Å². The third kappa shape index (κ3) is 4.40. The van der Waals surface area contributed by atoms with Gasteiger partial charge in [-0.1, -0.05) is 35.3 Å². The first-order valence-corrected chi connectivity index (χ1v) is 9.99. The average Bonchev–Trinajstić information content (AvgIpc) is 3.32. The molecule has 1 fully saturated rings. The molecule has 156 valence electrons. The first kappa shape index (κ1) is 20.6. The Hall–Kier alpha value is -2.68. The number of carbonyl (C=O) groups is 1. The highest BCUT2D eigenvalue weighted by Gasteiger charge is 2.38. The van der Waals surface area contributed by atoms with Crippen LogP contribution in [0.15, 0.2) is 48.8 Å². The lowest BCUT2D eigenvalue weighted by molar-refractivity contribution is 0.175. The number of halogens is 3. The Morgan fingerprint density at radius 3 is 2.67 bits per heavy atom. The van der Waals surface area contributed by atoms with Crippen molar-refractivity contribution in [3.05, 3.63) is 76.0 Å². The molecule has 0 unspecified atom stereocenters. The summed E-state index contributed by atoms with van der Waals surface area (Å²) in [5.41, 5.74) is 0.991. The molecule has 1 saturated heterocycles. The van der Waals surface area contributed by atoms with Crippen LogP contribution in [0.25, 0.3) is 0 Å². The van der Waals surface area contributed by atoms with Crippen molar-refractivity contribution in [2.24, 2.45) is 0 Å². The second-order valence-corrected chi connectivity index (χ2v) is 7.93. The molecule has 1 aromatic heterocycles. The zero-order valence-corrected chi connectivity index (χ0v) is 17.2. The van der Waals surface area contributed by atoms with Crippen LogP contribution in [0.4, 0.5) is 14.9 Å². The number of likely N-dealkylation sites (tertiary alicyclic amines) is 1. The Labute approximate surface area is 182 Å². The minimum atomic E-state index is -0.725. The molecule has 2 aromatic carbocycles. The SMILES string of the molecule is O=C(Nc1ccc(Cl)cc1F)N1C[C@H](O)C[C@@H]1c1nncn1Cc1ccc(Cl)cc1. The zero-order valence-electron chi connectivity index (χ0n) is 15.7. The number of nitrogens with one attached hydrogen (secondary N) is 1. The molecule has 0 spiro atoms. The Balaban J connectivity index is 1.55. The number of carbonyl (C=O) groups excluding carboxylic acids is 1. The smallest absolute Gasteiger partial charge is 0.322 e. The largest absolute Gasteiger partial charge is 0.391 e. The van der Waals surface area contributed by atoms with Crippen molar-refractivity contribution >= 4 is 34.9 Å². The molecule has 2 amide bonds. The fourth-order valence-electron chi connectivity index (χ4n) is 3.49. The monoisotopic (exact) mass is 449 g/mol. The van der Waals surface area contributed by atoms with Crippen molar-refractivity contribution in [1.82, 2.24) is 19.7 Å². The summed E-state index contributed by atoms with van der Waals surface area (Å²) in [6.07, 6.45) is 1.15. The molecule has 4 rings (SSSR count). The number of amides is 2. The lowest BCUT2D eigenvalue weighted by Crippen LogP contribution is -2.36. The van der Waals surface area contributed by atoms with E-state index >= 15 is 0 Å². The van der Waals surface area contributed by atoms with E-state index < -0.39 is 24.0 Å². The third-order valence-corrected chi connectivity index (χ3v) is 5.41. The van der Waals surface area contributed by atoms with Crippen LogP contribution in [0.2, 0.25) is 10.0 Å². The standard InChI is InChI=1S/C20H18Cl2FN5O2/c21-13-3-1-12(2-4-13)9-27-11-24-26-19(27)18-8-15(29)10-28(18)20(30)25-17-6-5-14(22)7-16(17)23/h1-7,11,15,18,29H,8-10H2,(H,25,30)/t15-,18-/m1/s1. The number of rotatable bonds is 4. The van der Waals surface area contributed by atoms with Crippen molar-refractivity contribution in [3.8, 4) is 0 Å². The highest BCUT2D eigenvalue weighted by Crippen LogP contribution is 2.32.